The number of nitrogens with two attached hydrogens (primary N) is 1. The van der Waals surface area contributed by atoms with E-state index in [1.54, 1.807) is 19.2 Å². The minimum Gasteiger partial charge on any atom is -0.497 e. The van der Waals surface area contributed by atoms with E-state index < -0.39 is 0 Å². The number of nitrogen functional groups attached to an aromatic ring is 1. The quantitative estimate of drug-likeness (QED) is 0.665. The number of anilines is 2. The topological polar surface area (TPSA) is 76.4 Å². The van der Waals surface area contributed by atoms with Gasteiger partial charge >= 0.3 is 0 Å². The predicted molar refractivity (Wildman–Crippen MR) is 71.7 cm³/mol. The Morgan fingerprint density at radius 2 is 2.28 bits per heavy atom. The van der Waals surface area contributed by atoms with Gasteiger partial charge < -0.3 is 21.1 Å². The molecular weight excluding hydrogens is 230 g/mol. The molecule has 0 saturated heterocycles. The van der Waals surface area contributed by atoms with E-state index in [-0.39, 0.29) is 5.91 Å². The van der Waals surface area contributed by atoms with E-state index in [1.165, 1.54) is 0 Å². The Morgan fingerprint density at radius 1 is 1.50 bits per heavy atom. The van der Waals surface area contributed by atoms with Crippen LogP contribution in [0.1, 0.15) is 19.3 Å². The average molecular weight is 249 g/mol. The van der Waals surface area contributed by atoms with Gasteiger partial charge in [-0.15, -0.1) is 0 Å². The Morgan fingerprint density at radius 3 is 2.94 bits per heavy atom. The van der Waals surface area contributed by atoms with Crippen LogP contribution in [0.2, 0.25) is 0 Å². The van der Waals surface area contributed by atoms with Gasteiger partial charge in [0.05, 0.1) is 18.5 Å². The van der Waals surface area contributed by atoms with E-state index in [1.807, 2.05) is 6.07 Å². The molecule has 0 spiro atoms. The van der Waals surface area contributed by atoms with Crippen LogP contribution in [0.5, 0.6) is 5.75 Å². The largest absolute Gasteiger partial charge is 0.497 e. The number of hydrogen-bond acceptors (Lipinski definition) is 4. The number of rotatable bonds is 6. The van der Waals surface area contributed by atoms with Crippen molar-refractivity contribution in [3.63, 3.8) is 0 Å². The predicted octanol–water partition coefficient (Wildman–Crippen LogP) is 1.36. The highest BCUT2D eigenvalue weighted by Gasteiger charge is 2.22. The lowest BCUT2D eigenvalue weighted by molar-refractivity contribution is -0.120. The number of ether oxygens (including phenoxy) is 1. The van der Waals surface area contributed by atoms with Gasteiger partial charge in [0, 0.05) is 25.1 Å². The first kappa shape index (κ1) is 12.5. The summed E-state index contributed by atoms with van der Waals surface area (Å²) in [5.41, 5.74) is 7.28. The molecule has 1 aliphatic carbocycles. The second-order valence-electron chi connectivity index (χ2n) is 4.47. The molecule has 0 heterocycles. The summed E-state index contributed by atoms with van der Waals surface area (Å²) in [7, 11) is 1.61. The molecule has 0 aliphatic heterocycles. The van der Waals surface area contributed by atoms with Crippen molar-refractivity contribution in [1.82, 2.24) is 5.32 Å². The molecule has 4 N–H and O–H groups in total. The van der Waals surface area contributed by atoms with Crippen LogP contribution in [0.3, 0.4) is 0 Å². The Hall–Kier alpha value is -1.91. The molecule has 1 aromatic carbocycles. The molecule has 0 unspecified atom stereocenters. The molecule has 2 rings (SSSR count). The van der Waals surface area contributed by atoms with Gasteiger partial charge in [-0.05, 0) is 25.0 Å². The lowest BCUT2D eigenvalue weighted by atomic mass is 10.2. The molecule has 98 valence electrons. The standard InChI is InChI=1S/C13H19N3O2/c1-18-10-4-5-11(14)12(8-10)15-7-6-13(17)16-9-2-3-9/h4-5,8-9,15H,2-3,6-7,14H2,1H3,(H,16,17). The maximum absolute atomic E-state index is 11.5. The highest BCUT2D eigenvalue weighted by molar-refractivity contribution is 5.77. The van der Waals surface area contributed by atoms with Crippen LogP contribution in [0.25, 0.3) is 0 Å². The maximum Gasteiger partial charge on any atom is 0.221 e. The third-order valence-electron chi connectivity index (χ3n) is 2.87. The van der Waals surface area contributed by atoms with Gasteiger partial charge in [-0.1, -0.05) is 0 Å². The van der Waals surface area contributed by atoms with Crippen LogP contribution < -0.4 is 21.1 Å². The lowest BCUT2D eigenvalue weighted by Gasteiger charge is -2.10. The first-order chi connectivity index (χ1) is 8.69. The number of nitrogens with one attached hydrogen (secondary N) is 2. The summed E-state index contributed by atoms with van der Waals surface area (Å²) in [6.07, 6.45) is 2.68. The molecule has 0 radical (unpaired) electrons. The fourth-order valence-corrected chi connectivity index (χ4v) is 1.65. The molecule has 5 heteroatoms. The number of carbonyl (C=O) groups excluding carboxylic acids is 1. The summed E-state index contributed by atoms with van der Waals surface area (Å²) in [5, 5.41) is 6.09. The van der Waals surface area contributed by atoms with E-state index in [9.17, 15) is 4.79 Å². The summed E-state index contributed by atoms with van der Waals surface area (Å²) in [4.78, 5) is 11.5. The zero-order valence-electron chi connectivity index (χ0n) is 10.5. The molecule has 0 aromatic heterocycles. The van der Waals surface area contributed by atoms with Crippen molar-refractivity contribution in [3.05, 3.63) is 18.2 Å². The average Bonchev–Trinajstić information content (AvgIpc) is 3.15. The van der Waals surface area contributed by atoms with E-state index in [2.05, 4.69) is 10.6 Å². The molecular formula is C13H19N3O2. The van der Waals surface area contributed by atoms with Crippen LogP contribution in [0, 0.1) is 0 Å². The second kappa shape index (κ2) is 5.62. The van der Waals surface area contributed by atoms with Crippen LogP contribution in [-0.2, 0) is 4.79 Å². The Labute approximate surface area is 107 Å². The molecule has 0 bridgehead atoms. The monoisotopic (exact) mass is 249 g/mol. The van der Waals surface area contributed by atoms with E-state index >= 15 is 0 Å². The highest BCUT2D eigenvalue weighted by Crippen LogP contribution is 2.24. The summed E-state index contributed by atoms with van der Waals surface area (Å²) in [6.45, 7) is 0.565. The van der Waals surface area contributed by atoms with E-state index in [4.69, 9.17) is 10.5 Å². The first-order valence-electron chi connectivity index (χ1n) is 6.16. The van der Waals surface area contributed by atoms with Gasteiger partial charge in [0.15, 0.2) is 0 Å². The Balaban J connectivity index is 1.79. The Kier molecular flexibility index (Phi) is 3.92. The molecule has 1 saturated carbocycles. The van der Waals surface area contributed by atoms with Crippen LogP contribution >= 0.6 is 0 Å². The second-order valence-corrected chi connectivity index (χ2v) is 4.47. The Bertz CT molecular complexity index is 430. The van der Waals surface area contributed by atoms with Crippen LogP contribution in [0.4, 0.5) is 11.4 Å². The fourth-order valence-electron chi connectivity index (χ4n) is 1.65. The van der Waals surface area contributed by atoms with Crippen molar-refractivity contribution in [2.45, 2.75) is 25.3 Å². The maximum atomic E-state index is 11.5. The molecule has 18 heavy (non-hydrogen) atoms. The van der Waals surface area contributed by atoms with Crippen molar-refractivity contribution in [1.29, 1.82) is 0 Å². The van der Waals surface area contributed by atoms with Gasteiger partial charge in [-0.2, -0.15) is 0 Å². The van der Waals surface area contributed by atoms with Gasteiger partial charge in [-0.25, -0.2) is 0 Å². The fraction of sp³-hybridized carbons (Fsp3) is 0.462. The van der Waals surface area contributed by atoms with Crippen LogP contribution in [-0.4, -0.2) is 25.6 Å². The summed E-state index contributed by atoms with van der Waals surface area (Å²) in [6, 6.07) is 5.83. The van der Waals surface area contributed by atoms with Crippen molar-refractivity contribution in [2.24, 2.45) is 0 Å². The van der Waals surface area contributed by atoms with E-state index in [0.717, 1.165) is 24.3 Å². The van der Waals surface area contributed by atoms with Crippen molar-refractivity contribution < 1.29 is 9.53 Å². The zero-order chi connectivity index (χ0) is 13.0. The molecule has 0 atom stereocenters. The third kappa shape index (κ3) is 3.55. The van der Waals surface area contributed by atoms with E-state index in [0.29, 0.717) is 24.7 Å². The normalized spacial score (nSPS) is 14.1. The summed E-state index contributed by atoms with van der Waals surface area (Å²) in [5.74, 6) is 0.834. The first-order valence-corrected chi connectivity index (χ1v) is 6.16. The summed E-state index contributed by atoms with van der Waals surface area (Å²) >= 11 is 0. The van der Waals surface area contributed by atoms with Crippen molar-refractivity contribution in [3.8, 4) is 5.75 Å². The third-order valence-corrected chi connectivity index (χ3v) is 2.87. The van der Waals surface area contributed by atoms with Gasteiger partial charge in [0.25, 0.3) is 0 Å². The molecule has 1 fully saturated rings. The minimum atomic E-state index is 0.0893. The number of benzene rings is 1. The number of hydrogen-bond donors (Lipinski definition) is 3. The van der Waals surface area contributed by atoms with Gasteiger partial charge in [0.2, 0.25) is 5.91 Å². The lowest BCUT2D eigenvalue weighted by Crippen LogP contribution is -2.27. The number of carbonyl (C=O) groups is 1. The number of methoxy groups -OCH3 is 1. The molecule has 1 amide bonds. The molecule has 1 aliphatic rings. The molecule has 5 nitrogen and oxygen atoms in total. The minimum absolute atomic E-state index is 0.0893. The van der Waals surface area contributed by atoms with Crippen LogP contribution in [0.15, 0.2) is 18.2 Å². The smallest absolute Gasteiger partial charge is 0.221 e. The van der Waals surface area contributed by atoms with Gasteiger partial charge in [-0.3, -0.25) is 4.79 Å². The van der Waals surface area contributed by atoms with Crippen molar-refractivity contribution >= 4 is 17.3 Å². The van der Waals surface area contributed by atoms with Crippen molar-refractivity contribution in [2.75, 3.05) is 24.7 Å². The molecule has 1 aromatic rings. The zero-order valence-corrected chi connectivity index (χ0v) is 10.5. The van der Waals surface area contributed by atoms with Gasteiger partial charge in [0.1, 0.15) is 5.75 Å². The number of amides is 1. The summed E-state index contributed by atoms with van der Waals surface area (Å²) < 4.78 is 5.12. The SMILES string of the molecule is COc1ccc(N)c(NCCC(=O)NC2CC2)c1. The highest BCUT2D eigenvalue weighted by atomic mass is 16.5.